The summed E-state index contributed by atoms with van der Waals surface area (Å²) in [5, 5.41) is 3.45. The monoisotopic (exact) mass is 273 g/mol. The molecule has 0 aromatic rings. The number of hydrogen-bond donors (Lipinski definition) is 1. The highest BCUT2D eigenvalue weighted by Gasteiger charge is 2.35. The van der Waals surface area contributed by atoms with Crippen LogP contribution in [0.15, 0.2) is 0 Å². The zero-order valence-electron chi connectivity index (χ0n) is 12.9. The Morgan fingerprint density at radius 1 is 1.21 bits per heavy atom. The average Bonchev–Trinajstić information content (AvgIpc) is 2.41. The minimum atomic E-state index is 0.0261. The van der Waals surface area contributed by atoms with Crippen molar-refractivity contribution < 1.29 is 14.2 Å². The Kier molecular flexibility index (Phi) is 8.62. The molecule has 4 heteroatoms. The molecule has 1 N–H and O–H groups in total. The summed E-state index contributed by atoms with van der Waals surface area (Å²) in [6.45, 7) is 9.09. The molecule has 4 nitrogen and oxygen atoms in total. The maximum absolute atomic E-state index is 6.19. The summed E-state index contributed by atoms with van der Waals surface area (Å²) >= 11 is 0. The van der Waals surface area contributed by atoms with Gasteiger partial charge in [0.05, 0.1) is 32.0 Å². The molecule has 1 saturated carbocycles. The SMILES string of the molecule is CCNCC1(OCCOCCOC)CCCC(C)C1. The Bertz CT molecular complexity index is 225. The number of likely N-dealkylation sites (N-methyl/N-ethyl adjacent to an activating group) is 1. The van der Waals surface area contributed by atoms with Crippen LogP contribution >= 0.6 is 0 Å². The number of methoxy groups -OCH3 is 1. The molecular formula is C15H31NO3. The molecule has 2 atom stereocenters. The van der Waals surface area contributed by atoms with E-state index in [2.05, 4.69) is 19.2 Å². The van der Waals surface area contributed by atoms with Gasteiger partial charge in [-0.25, -0.2) is 0 Å². The molecule has 0 aliphatic heterocycles. The van der Waals surface area contributed by atoms with Crippen LogP contribution < -0.4 is 5.32 Å². The number of rotatable bonds is 10. The predicted octanol–water partition coefficient (Wildman–Crippen LogP) is 2.22. The zero-order chi connectivity index (χ0) is 14.0. The van der Waals surface area contributed by atoms with Gasteiger partial charge in [-0.1, -0.05) is 26.7 Å². The number of ether oxygens (including phenoxy) is 3. The second-order valence-corrected chi connectivity index (χ2v) is 5.62. The van der Waals surface area contributed by atoms with Crippen molar-refractivity contribution in [3.05, 3.63) is 0 Å². The van der Waals surface area contributed by atoms with Crippen LogP contribution in [0.3, 0.4) is 0 Å². The minimum absolute atomic E-state index is 0.0261. The van der Waals surface area contributed by atoms with E-state index in [4.69, 9.17) is 14.2 Å². The number of hydrogen-bond acceptors (Lipinski definition) is 4. The standard InChI is InChI=1S/C15H31NO3/c1-4-16-13-15(7-5-6-14(2)12-15)19-11-10-18-9-8-17-3/h14,16H,4-13H2,1-3H3. The highest BCUT2D eigenvalue weighted by molar-refractivity contribution is 4.89. The molecule has 0 amide bonds. The van der Waals surface area contributed by atoms with Gasteiger partial charge in [0.2, 0.25) is 0 Å². The topological polar surface area (TPSA) is 39.7 Å². The Balaban J connectivity index is 2.28. The van der Waals surface area contributed by atoms with Crippen molar-refractivity contribution >= 4 is 0 Å². The first-order valence-corrected chi connectivity index (χ1v) is 7.64. The highest BCUT2D eigenvalue weighted by Crippen LogP contribution is 2.34. The van der Waals surface area contributed by atoms with Crippen LogP contribution in [-0.4, -0.2) is 52.2 Å². The van der Waals surface area contributed by atoms with Crippen molar-refractivity contribution in [2.45, 2.75) is 45.1 Å². The van der Waals surface area contributed by atoms with E-state index in [9.17, 15) is 0 Å². The summed E-state index contributed by atoms with van der Waals surface area (Å²) in [7, 11) is 1.69. The van der Waals surface area contributed by atoms with Gasteiger partial charge in [-0.15, -0.1) is 0 Å². The summed E-state index contributed by atoms with van der Waals surface area (Å²) in [5.41, 5.74) is 0.0261. The predicted molar refractivity (Wildman–Crippen MR) is 77.6 cm³/mol. The first-order chi connectivity index (χ1) is 9.22. The first kappa shape index (κ1) is 16.9. The average molecular weight is 273 g/mol. The lowest BCUT2D eigenvalue weighted by atomic mass is 9.78. The molecule has 1 rings (SSSR count). The molecule has 0 heterocycles. The molecule has 1 aliphatic rings. The minimum Gasteiger partial charge on any atom is -0.382 e. The van der Waals surface area contributed by atoms with Crippen LogP contribution in [0, 0.1) is 5.92 Å². The fourth-order valence-electron chi connectivity index (χ4n) is 2.87. The third-order valence-corrected chi connectivity index (χ3v) is 3.81. The Morgan fingerprint density at radius 2 is 2.00 bits per heavy atom. The zero-order valence-corrected chi connectivity index (χ0v) is 12.9. The van der Waals surface area contributed by atoms with Gasteiger partial charge in [-0.05, 0) is 25.3 Å². The molecule has 19 heavy (non-hydrogen) atoms. The van der Waals surface area contributed by atoms with Gasteiger partial charge >= 0.3 is 0 Å². The Labute approximate surface area is 118 Å². The van der Waals surface area contributed by atoms with Crippen LogP contribution in [0.25, 0.3) is 0 Å². The van der Waals surface area contributed by atoms with Crippen LogP contribution in [0.2, 0.25) is 0 Å². The van der Waals surface area contributed by atoms with E-state index in [1.807, 2.05) is 0 Å². The van der Waals surface area contributed by atoms with Crippen molar-refractivity contribution in [2.75, 3.05) is 46.6 Å². The number of nitrogens with one attached hydrogen (secondary N) is 1. The fraction of sp³-hybridized carbons (Fsp3) is 1.00. The summed E-state index contributed by atoms with van der Waals surface area (Å²) in [4.78, 5) is 0. The quantitative estimate of drug-likeness (QED) is 0.620. The van der Waals surface area contributed by atoms with Crippen LogP contribution in [0.1, 0.15) is 39.5 Å². The maximum atomic E-state index is 6.19. The highest BCUT2D eigenvalue weighted by atomic mass is 16.5. The third kappa shape index (κ3) is 6.70. The van der Waals surface area contributed by atoms with Gasteiger partial charge in [0.25, 0.3) is 0 Å². The Morgan fingerprint density at radius 3 is 2.68 bits per heavy atom. The van der Waals surface area contributed by atoms with E-state index in [1.54, 1.807) is 7.11 Å². The molecule has 2 unspecified atom stereocenters. The summed E-state index contributed by atoms with van der Waals surface area (Å²) in [5.74, 6) is 0.766. The van der Waals surface area contributed by atoms with Gasteiger partial charge in [-0.3, -0.25) is 0 Å². The van der Waals surface area contributed by atoms with Crippen LogP contribution in [0.5, 0.6) is 0 Å². The molecule has 0 bridgehead atoms. The van der Waals surface area contributed by atoms with Crippen molar-refractivity contribution in [3.63, 3.8) is 0 Å². The molecule has 0 radical (unpaired) electrons. The molecule has 0 saturated heterocycles. The van der Waals surface area contributed by atoms with Crippen LogP contribution in [0.4, 0.5) is 0 Å². The van der Waals surface area contributed by atoms with E-state index < -0.39 is 0 Å². The molecule has 0 aromatic carbocycles. The lowest BCUT2D eigenvalue weighted by Crippen LogP contribution is -2.47. The van der Waals surface area contributed by atoms with Gasteiger partial charge in [0, 0.05) is 13.7 Å². The molecule has 0 spiro atoms. The van der Waals surface area contributed by atoms with E-state index in [0.29, 0.717) is 26.4 Å². The molecule has 0 aromatic heterocycles. The van der Waals surface area contributed by atoms with E-state index in [-0.39, 0.29) is 5.60 Å². The van der Waals surface area contributed by atoms with Crippen molar-refractivity contribution in [2.24, 2.45) is 5.92 Å². The van der Waals surface area contributed by atoms with Gasteiger partial charge in [-0.2, -0.15) is 0 Å². The summed E-state index contributed by atoms with van der Waals surface area (Å²) in [6.07, 6.45) is 4.94. The van der Waals surface area contributed by atoms with Crippen LogP contribution in [-0.2, 0) is 14.2 Å². The van der Waals surface area contributed by atoms with Gasteiger partial charge in [0.1, 0.15) is 0 Å². The van der Waals surface area contributed by atoms with E-state index in [0.717, 1.165) is 25.4 Å². The lowest BCUT2D eigenvalue weighted by molar-refractivity contribution is -0.0967. The Hall–Kier alpha value is -0.160. The van der Waals surface area contributed by atoms with Gasteiger partial charge in [0.15, 0.2) is 0 Å². The lowest BCUT2D eigenvalue weighted by Gasteiger charge is -2.40. The smallest absolute Gasteiger partial charge is 0.0810 e. The van der Waals surface area contributed by atoms with Crippen molar-refractivity contribution in [3.8, 4) is 0 Å². The fourth-order valence-corrected chi connectivity index (χ4v) is 2.87. The summed E-state index contributed by atoms with van der Waals surface area (Å²) < 4.78 is 16.6. The third-order valence-electron chi connectivity index (χ3n) is 3.81. The van der Waals surface area contributed by atoms with E-state index in [1.165, 1.54) is 19.3 Å². The van der Waals surface area contributed by atoms with E-state index >= 15 is 0 Å². The molecule has 1 fully saturated rings. The van der Waals surface area contributed by atoms with Gasteiger partial charge < -0.3 is 19.5 Å². The normalized spacial score (nSPS) is 27.6. The van der Waals surface area contributed by atoms with Crippen molar-refractivity contribution in [1.82, 2.24) is 5.32 Å². The second-order valence-electron chi connectivity index (χ2n) is 5.62. The molecular weight excluding hydrogens is 242 g/mol. The summed E-state index contributed by atoms with van der Waals surface area (Å²) in [6, 6.07) is 0. The molecule has 1 aliphatic carbocycles. The first-order valence-electron chi connectivity index (χ1n) is 7.64. The van der Waals surface area contributed by atoms with Crippen molar-refractivity contribution in [1.29, 1.82) is 0 Å². The molecule has 114 valence electrons. The maximum Gasteiger partial charge on any atom is 0.0810 e. The largest absolute Gasteiger partial charge is 0.382 e. The second kappa shape index (κ2) is 9.70.